The number of aromatic nitrogens is 1. The number of nitrogens with one attached hydrogen (secondary N) is 1. The van der Waals surface area contributed by atoms with E-state index in [1.54, 1.807) is 54.7 Å². The number of aromatic amines is 1. The molecule has 0 aliphatic carbocycles. The highest BCUT2D eigenvalue weighted by molar-refractivity contribution is 7.20. The summed E-state index contributed by atoms with van der Waals surface area (Å²) in [6.07, 6.45) is 0.814. The summed E-state index contributed by atoms with van der Waals surface area (Å²) in [7, 11) is 0. The summed E-state index contributed by atoms with van der Waals surface area (Å²) in [5, 5.41) is 1.70. The van der Waals surface area contributed by atoms with Gasteiger partial charge in [0.2, 0.25) is 0 Å². The number of H-pyrrole nitrogens is 1. The Kier molecular flexibility index (Phi) is 5.22. The first kappa shape index (κ1) is 18.7. The average Bonchev–Trinajstić information content (AvgIpc) is 3.13. The van der Waals surface area contributed by atoms with Gasteiger partial charge >= 0.3 is 5.97 Å². The highest BCUT2D eigenvalue weighted by Gasteiger charge is 2.24. The Morgan fingerprint density at radius 3 is 2.61 bits per heavy atom. The average molecular weight is 430 g/mol. The number of ether oxygens (including phenoxy) is 1. The lowest BCUT2D eigenvalue weighted by atomic mass is 10.0. The van der Waals surface area contributed by atoms with E-state index >= 15 is 0 Å². The van der Waals surface area contributed by atoms with Crippen LogP contribution in [0.3, 0.4) is 0 Å². The van der Waals surface area contributed by atoms with Crippen LogP contribution in [-0.4, -0.2) is 11.0 Å². The van der Waals surface area contributed by atoms with Gasteiger partial charge in [0.25, 0.3) is 5.56 Å². The second-order valence-corrected chi connectivity index (χ2v) is 7.96. The quantitative estimate of drug-likeness (QED) is 0.414. The molecule has 1 unspecified atom stereocenters. The van der Waals surface area contributed by atoms with Crippen molar-refractivity contribution in [2.45, 2.75) is 6.10 Å². The first-order chi connectivity index (χ1) is 13.5. The molecule has 0 aliphatic heterocycles. The fraction of sp³-hybridized carbons (Fsp3) is 0.0476. The summed E-state index contributed by atoms with van der Waals surface area (Å²) >= 11 is 13.6. The third-order valence-electron chi connectivity index (χ3n) is 4.21. The molecule has 140 valence electrons. The molecule has 28 heavy (non-hydrogen) atoms. The monoisotopic (exact) mass is 429 g/mol. The predicted molar refractivity (Wildman–Crippen MR) is 113 cm³/mol. The van der Waals surface area contributed by atoms with E-state index in [1.165, 1.54) is 0 Å². The van der Waals surface area contributed by atoms with Gasteiger partial charge in [0, 0.05) is 27.2 Å². The molecule has 1 N–H and O–H groups in total. The lowest BCUT2D eigenvalue weighted by molar-refractivity contribution is 0.0384. The summed E-state index contributed by atoms with van der Waals surface area (Å²) in [6.45, 7) is 0. The molecule has 0 saturated carbocycles. The highest BCUT2D eigenvalue weighted by Crippen LogP contribution is 2.34. The maximum Gasteiger partial charge on any atom is 0.349 e. The van der Waals surface area contributed by atoms with Gasteiger partial charge in [0.05, 0.1) is 0 Å². The zero-order chi connectivity index (χ0) is 19.7. The Labute approximate surface area is 174 Å². The van der Waals surface area contributed by atoms with Crippen molar-refractivity contribution in [1.29, 1.82) is 0 Å². The zero-order valence-electron chi connectivity index (χ0n) is 14.3. The van der Waals surface area contributed by atoms with Crippen LogP contribution in [0.15, 0.2) is 71.7 Å². The molecule has 4 nitrogen and oxygen atoms in total. The topological polar surface area (TPSA) is 59.2 Å². The first-order valence-electron chi connectivity index (χ1n) is 8.35. The van der Waals surface area contributed by atoms with Crippen LogP contribution < -0.4 is 5.56 Å². The van der Waals surface area contributed by atoms with Crippen LogP contribution in [0.2, 0.25) is 10.0 Å². The minimum Gasteiger partial charge on any atom is -0.448 e. The summed E-state index contributed by atoms with van der Waals surface area (Å²) in [4.78, 5) is 27.8. The van der Waals surface area contributed by atoms with Gasteiger partial charge in [-0.15, -0.1) is 11.3 Å². The molecule has 1 atom stereocenters. The minimum absolute atomic E-state index is 0.237. The Hall–Kier alpha value is -2.60. The summed E-state index contributed by atoms with van der Waals surface area (Å²) in [5.74, 6) is -0.537. The Morgan fingerprint density at radius 2 is 1.86 bits per heavy atom. The molecule has 2 aromatic heterocycles. The van der Waals surface area contributed by atoms with E-state index in [0.717, 1.165) is 11.3 Å². The van der Waals surface area contributed by atoms with Crippen LogP contribution in [0.1, 0.15) is 26.9 Å². The standard InChI is InChI=1S/C21H13Cl2NO3S/c22-14-5-3-4-12(10-14)18(15-6-1-2-7-16(15)23)27-21(26)17-11-13-8-9-24-20(25)19(13)28-17/h1-11,18H,(H,24,25). The van der Waals surface area contributed by atoms with Gasteiger partial charge in [-0.3, -0.25) is 4.79 Å². The number of halogens is 2. The number of thiophene rings is 1. The van der Waals surface area contributed by atoms with Gasteiger partial charge < -0.3 is 9.72 Å². The van der Waals surface area contributed by atoms with Crippen LogP contribution in [0.4, 0.5) is 0 Å². The lowest BCUT2D eigenvalue weighted by Crippen LogP contribution is -2.12. The van der Waals surface area contributed by atoms with Gasteiger partial charge in [-0.1, -0.05) is 53.5 Å². The predicted octanol–water partition coefficient (Wildman–Crippen LogP) is 5.84. The number of esters is 1. The SMILES string of the molecule is O=C(OC(c1cccc(Cl)c1)c1ccccc1Cl)c1cc2cc[nH]c(=O)c2s1. The van der Waals surface area contributed by atoms with Gasteiger partial charge in [0.15, 0.2) is 6.10 Å². The molecule has 2 heterocycles. The van der Waals surface area contributed by atoms with Crippen molar-refractivity contribution in [3.05, 3.63) is 103 Å². The maximum atomic E-state index is 12.9. The van der Waals surface area contributed by atoms with Crippen molar-refractivity contribution in [2.24, 2.45) is 0 Å². The third kappa shape index (κ3) is 3.69. The van der Waals surface area contributed by atoms with Gasteiger partial charge in [-0.05, 0) is 35.9 Å². The number of carbonyl (C=O) groups is 1. The van der Waals surface area contributed by atoms with Crippen LogP contribution in [0.5, 0.6) is 0 Å². The molecule has 0 amide bonds. The third-order valence-corrected chi connectivity index (χ3v) is 5.92. The summed E-state index contributed by atoms with van der Waals surface area (Å²) in [6, 6.07) is 17.7. The molecule has 0 fully saturated rings. The second-order valence-electron chi connectivity index (χ2n) is 6.06. The normalized spacial score (nSPS) is 12.1. The van der Waals surface area contributed by atoms with E-state index in [0.29, 0.717) is 36.1 Å². The number of fused-ring (bicyclic) bond motifs is 1. The van der Waals surface area contributed by atoms with Gasteiger partial charge in [-0.2, -0.15) is 0 Å². The molecule has 7 heteroatoms. The Bertz CT molecular complexity index is 1230. The summed E-state index contributed by atoms with van der Waals surface area (Å²) in [5.41, 5.74) is 1.12. The zero-order valence-corrected chi connectivity index (χ0v) is 16.6. The van der Waals surface area contributed by atoms with E-state index in [-0.39, 0.29) is 5.56 Å². The van der Waals surface area contributed by atoms with E-state index in [9.17, 15) is 9.59 Å². The number of hydrogen-bond donors (Lipinski definition) is 1. The second kappa shape index (κ2) is 7.80. The largest absolute Gasteiger partial charge is 0.448 e. The van der Waals surface area contributed by atoms with Crippen molar-refractivity contribution in [3.8, 4) is 0 Å². The van der Waals surface area contributed by atoms with Crippen molar-refractivity contribution < 1.29 is 9.53 Å². The van der Waals surface area contributed by atoms with Crippen LogP contribution in [0.25, 0.3) is 10.1 Å². The molecular formula is C21H13Cl2NO3S. The molecule has 0 radical (unpaired) electrons. The van der Waals surface area contributed by atoms with Gasteiger partial charge in [0.1, 0.15) is 9.58 Å². The number of rotatable bonds is 4. The van der Waals surface area contributed by atoms with Gasteiger partial charge in [-0.25, -0.2) is 4.79 Å². The van der Waals surface area contributed by atoms with E-state index in [2.05, 4.69) is 4.98 Å². The number of carbonyl (C=O) groups excluding carboxylic acids is 1. The van der Waals surface area contributed by atoms with E-state index in [1.807, 2.05) is 12.1 Å². The fourth-order valence-corrected chi connectivity index (χ4v) is 4.28. The summed E-state index contributed by atoms with van der Waals surface area (Å²) < 4.78 is 6.31. The molecule has 0 aliphatic rings. The Balaban J connectivity index is 1.74. The van der Waals surface area contributed by atoms with Crippen LogP contribution in [0, 0.1) is 0 Å². The molecule has 2 aromatic carbocycles. The minimum atomic E-state index is -0.733. The van der Waals surface area contributed by atoms with Crippen LogP contribution >= 0.6 is 34.5 Å². The molecule has 4 aromatic rings. The maximum absolute atomic E-state index is 12.9. The fourth-order valence-electron chi connectivity index (χ4n) is 2.91. The number of hydrogen-bond acceptors (Lipinski definition) is 4. The first-order valence-corrected chi connectivity index (χ1v) is 9.92. The molecular weight excluding hydrogens is 417 g/mol. The number of benzene rings is 2. The Morgan fingerprint density at radius 1 is 1.04 bits per heavy atom. The van der Waals surface area contributed by atoms with E-state index < -0.39 is 12.1 Å². The van der Waals surface area contributed by atoms with Crippen molar-refractivity contribution in [3.63, 3.8) is 0 Å². The molecule has 0 saturated heterocycles. The van der Waals surface area contributed by atoms with Crippen molar-refractivity contribution in [1.82, 2.24) is 4.98 Å². The molecule has 0 spiro atoms. The highest BCUT2D eigenvalue weighted by atomic mass is 35.5. The number of pyridine rings is 1. The van der Waals surface area contributed by atoms with Crippen molar-refractivity contribution in [2.75, 3.05) is 0 Å². The molecule has 0 bridgehead atoms. The molecule has 4 rings (SSSR count). The lowest BCUT2D eigenvalue weighted by Gasteiger charge is -2.20. The van der Waals surface area contributed by atoms with E-state index in [4.69, 9.17) is 27.9 Å². The van der Waals surface area contributed by atoms with Crippen LogP contribution in [-0.2, 0) is 4.74 Å². The van der Waals surface area contributed by atoms with Crippen molar-refractivity contribution >= 4 is 50.6 Å². The smallest absolute Gasteiger partial charge is 0.349 e.